The molecule has 1 N–H and O–H groups in total. The number of amides is 1. The van der Waals surface area contributed by atoms with Crippen LogP contribution < -0.4 is 4.74 Å². The van der Waals surface area contributed by atoms with Crippen LogP contribution in [0.15, 0.2) is 54.6 Å². The van der Waals surface area contributed by atoms with Gasteiger partial charge >= 0.3 is 0 Å². The second-order valence-electron chi connectivity index (χ2n) is 7.52. The lowest BCUT2D eigenvalue weighted by atomic mass is 9.94. The number of rotatable bonds is 5. The smallest absolute Gasteiger partial charge is 0.257 e. The summed E-state index contributed by atoms with van der Waals surface area (Å²) in [6.45, 7) is 1.81. The third-order valence-corrected chi connectivity index (χ3v) is 4.90. The number of hydrogen-bond acceptors (Lipinski definition) is 4. The second-order valence-corrected chi connectivity index (χ2v) is 7.52. The molecule has 0 aliphatic carbocycles. The van der Waals surface area contributed by atoms with E-state index in [-0.39, 0.29) is 5.91 Å². The summed E-state index contributed by atoms with van der Waals surface area (Å²) in [5.74, 6) is 1.21. The Morgan fingerprint density at radius 3 is 2.52 bits per heavy atom. The normalized spacial score (nSPS) is 20.4. The molecule has 5 heteroatoms. The molecule has 0 aromatic heterocycles. The van der Waals surface area contributed by atoms with Crippen molar-refractivity contribution in [3.05, 3.63) is 60.2 Å². The Morgan fingerprint density at radius 2 is 1.78 bits per heavy atom. The Hall–Kier alpha value is -2.37. The summed E-state index contributed by atoms with van der Waals surface area (Å²) < 4.78 is 5.94. The molecule has 0 unspecified atom stereocenters. The highest BCUT2D eigenvalue weighted by molar-refractivity contribution is 5.97. The molecule has 2 aromatic carbocycles. The minimum absolute atomic E-state index is 0.0457. The van der Waals surface area contributed by atoms with Crippen molar-refractivity contribution < 1.29 is 14.6 Å². The van der Waals surface area contributed by atoms with Crippen LogP contribution in [0.5, 0.6) is 11.5 Å². The third kappa shape index (κ3) is 5.08. The summed E-state index contributed by atoms with van der Waals surface area (Å²) in [5, 5.41) is 10.8. The number of likely N-dealkylation sites (tertiary alicyclic amines) is 1. The predicted molar refractivity (Wildman–Crippen MR) is 106 cm³/mol. The highest BCUT2D eigenvalue weighted by Gasteiger charge is 2.32. The third-order valence-electron chi connectivity index (χ3n) is 4.90. The van der Waals surface area contributed by atoms with E-state index < -0.39 is 5.60 Å². The van der Waals surface area contributed by atoms with Crippen molar-refractivity contribution in [2.45, 2.75) is 24.9 Å². The molecule has 0 radical (unpaired) electrons. The molecule has 1 aliphatic heterocycles. The van der Waals surface area contributed by atoms with Crippen LogP contribution in [-0.4, -0.2) is 60.1 Å². The number of para-hydroxylation sites is 2. The maximum absolute atomic E-state index is 13.2. The van der Waals surface area contributed by atoms with Gasteiger partial charge in [0, 0.05) is 19.6 Å². The zero-order valence-electron chi connectivity index (χ0n) is 16.1. The Kier molecular flexibility index (Phi) is 6.14. The van der Waals surface area contributed by atoms with Crippen molar-refractivity contribution in [1.82, 2.24) is 9.80 Å². The van der Waals surface area contributed by atoms with Crippen molar-refractivity contribution in [3.63, 3.8) is 0 Å². The van der Waals surface area contributed by atoms with E-state index in [9.17, 15) is 9.90 Å². The van der Waals surface area contributed by atoms with Crippen molar-refractivity contribution in [2.75, 3.05) is 33.7 Å². The maximum atomic E-state index is 13.2. The number of nitrogens with zero attached hydrogens (tertiary/aromatic N) is 2. The number of benzene rings is 2. The number of ether oxygens (including phenoxy) is 1. The lowest BCUT2D eigenvalue weighted by Gasteiger charge is -2.30. The zero-order chi connectivity index (χ0) is 19.3. The van der Waals surface area contributed by atoms with Crippen LogP contribution in [0, 0.1) is 0 Å². The van der Waals surface area contributed by atoms with Crippen molar-refractivity contribution in [2.24, 2.45) is 0 Å². The van der Waals surface area contributed by atoms with E-state index in [2.05, 4.69) is 0 Å². The zero-order valence-corrected chi connectivity index (χ0v) is 16.1. The van der Waals surface area contributed by atoms with Crippen LogP contribution in [0.3, 0.4) is 0 Å². The first-order valence-corrected chi connectivity index (χ1v) is 9.45. The molecule has 1 aliphatic rings. The number of carbonyl (C=O) groups is 1. The van der Waals surface area contributed by atoms with Gasteiger partial charge in [-0.3, -0.25) is 4.79 Å². The molecule has 0 saturated carbocycles. The number of hydrogen-bond donors (Lipinski definition) is 1. The van der Waals surface area contributed by atoms with E-state index in [0.717, 1.165) is 6.42 Å². The Morgan fingerprint density at radius 1 is 1.07 bits per heavy atom. The molecular formula is C22H28N2O3. The number of aliphatic hydroxyl groups is 1. The topological polar surface area (TPSA) is 53.0 Å². The van der Waals surface area contributed by atoms with Crippen molar-refractivity contribution in [1.29, 1.82) is 0 Å². The van der Waals surface area contributed by atoms with Gasteiger partial charge in [-0.05, 0) is 57.6 Å². The van der Waals surface area contributed by atoms with Gasteiger partial charge in [0.2, 0.25) is 0 Å². The minimum atomic E-state index is -0.738. The molecule has 3 rings (SSSR count). The van der Waals surface area contributed by atoms with Crippen LogP contribution in [0.25, 0.3) is 0 Å². The monoisotopic (exact) mass is 368 g/mol. The quantitative estimate of drug-likeness (QED) is 0.879. The average Bonchev–Trinajstić information content (AvgIpc) is 2.83. The van der Waals surface area contributed by atoms with Gasteiger partial charge in [0.25, 0.3) is 5.91 Å². The van der Waals surface area contributed by atoms with Gasteiger partial charge in [0.1, 0.15) is 11.5 Å². The minimum Gasteiger partial charge on any atom is -0.457 e. The summed E-state index contributed by atoms with van der Waals surface area (Å²) in [5.41, 5.74) is -0.183. The van der Waals surface area contributed by atoms with E-state index in [0.29, 0.717) is 49.5 Å². The summed E-state index contributed by atoms with van der Waals surface area (Å²) in [4.78, 5) is 17.0. The van der Waals surface area contributed by atoms with E-state index in [1.807, 2.05) is 72.4 Å². The fraction of sp³-hybridized carbons (Fsp3) is 0.409. The van der Waals surface area contributed by atoms with Crippen molar-refractivity contribution in [3.8, 4) is 11.5 Å². The Labute approximate surface area is 161 Å². The lowest BCUT2D eigenvalue weighted by molar-refractivity contribution is 0.00305. The number of carbonyl (C=O) groups excluding carboxylic acids is 1. The molecule has 1 fully saturated rings. The second kappa shape index (κ2) is 8.55. The Bertz CT molecular complexity index is 763. The maximum Gasteiger partial charge on any atom is 0.257 e. The number of likely N-dealkylation sites (N-methyl/N-ethyl adjacent to an activating group) is 1. The summed E-state index contributed by atoms with van der Waals surface area (Å²) in [7, 11) is 3.92. The SMILES string of the molecule is CN(C)C[C@]1(O)CCCN(C(=O)c2ccccc2Oc2ccccc2)CC1. The standard InChI is InChI=1S/C22H28N2O3/c1-23(2)17-22(26)13-8-15-24(16-14-22)21(25)19-11-6-7-12-20(19)27-18-9-4-3-5-10-18/h3-7,9-12,26H,8,13-17H2,1-2H3/t22-/m0/s1. The van der Waals surface area contributed by atoms with Gasteiger partial charge in [-0.2, -0.15) is 0 Å². The summed E-state index contributed by atoms with van der Waals surface area (Å²) in [6.07, 6.45) is 2.08. The van der Waals surface area contributed by atoms with Gasteiger partial charge < -0.3 is 19.6 Å². The molecule has 27 heavy (non-hydrogen) atoms. The first-order chi connectivity index (χ1) is 13.0. The van der Waals surface area contributed by atoms with Gasteiger partial charge in [0.15, 0.2) is 0 Å². The van der Waals surface area contributed by atoms with E-state index in [4.69, 9.17) is 4.74 Å². The van der Waals surface area contributed by atoms with Crippen LogP contribution in [0.1, 0.15) is 29.6 Å². The van der Waals surface area contributed by atoms with Crippen LogP contribution in [0.4, 0.5) is 0 Å². The fourth-order valence-corrected chi connectivity index (χ4v) is 3.65. The molecule has 1 saturated heterocycles. The fourth-order valence-electron chi connectivity index (χ4n) is 3.65. The molecule has 1 atom stereocenters. The Balaban J connectivity index is 1.74. The first kappa shape index (κ1) is 19.4. The summed E-state index contributed by atoms with van der Waals surface area (Å²) in [6, 6.07) is 16.8. The average molecular weight is 368 g/mol. The molecule has 2 aromatic rings. The molecule has 5 nitrogen and oxygen atoms in total. The van der Waals surface area contributed by atoms with Gasteiger partial charge in [-0.1, -0.05) is 30.3 Å². The van der Waals surface area contributed by atoms with Gasteiger partial charge in [0.05, 0.1) is 11.2 Å². The lowest BCUT2D eigenvalue weighted by Crippen LogP contribution is -2.41. The van der Waals surface area contributed by atoms with Crippen molar-refractivity contribution >= 4 is 5.91 Å². The highest BCUT2D eigenvalue weighted by Crippen LogP contribution is 2.28. The highest BCUT2D eigenvalue weighted by atomic mass is 16.5. The molecule has 1 amide bonds. The molecule has 0 spiro atoms. The first-order valence-electron chi connectivity index (χ1n) is 9.45. The van der Waals surface area contributed by atoms with Crippen LogP contribution in [0.2, 0.25) is 0 Å². The molecule has 0 bridgehead atoms. The van der Waals surface area contributed by atoms with E-state index >= 15 is 0 Å². The molecule has 1 heterocycles. The van der Waals surface area contributed by atoms with Gasteiger partial charge in [-0.15, -0.1) is 0 Å². The van der Waals surface area contributed by atoms with Gasteiger partial charge in [-0.25, -0.2) is 0 Å². The predicted octanol–water partition coefficient (Wildman–Crippen LogP) is 3.40. The largest absolute Gasteiger partial charge is 0.457 e. The molecule has 144 valence electrons. The van der Waals surface area contributed by atoms with E-state index in [1.54, 1.807) is 6.07 Å². The van der Waals surface area contributed by atoms with Crippen LogP contribution in [-0.2, 0) is 0 Å². The molecular weight excluding hydrogens is 340 g/mol. The van der Waals surface area contributed by atoms with E-state index in [1.165, 1.54) is 0 Å². The summed E-state index contributed by atoms with van der Waals surface area (Å²) >= 11 is 0. The van der Waals surface area contributed by atoms with Crippen LogP contribution >= 0.6 is 0 Å².